The number of alkyl carbamates (subject to hydrolysis) is 1. The minimum absolute atomic E-state index is 0.00359. The number of ether oxygens (including phenoxy) is 2. The zero-order valence-electron chi connectivity index (χ0n) is 16.3. The van der Waals surface area contributed by atoms with E-state index in [2.05, 4.69) is 10.6 Å². The van der Waals surface area contributed by atoms with Crippen LogP contribution in [-0.2, 0) is 16.1 Å². The molecule has 1 aromatic carbocycles. The van der Waals surface area contributed by atoms with Crippen molar-refractivity contribution in [2.45, 2.75) is 33.0 Å². The Bertz CT molecular complexity index is 666. The molecular weight excluding hydrogens is 346 g/mol. The lowest BCUT2D eigenvalue weighted by molar-refractivity contribution is -0.0428. The van der Waals surface area contributed by atoms with Crippen LogP contribution in [0.2, 0.25) is 0 Å². The number of nitrogens with zero attached hydrogens (tertiary/aromatic N) is 1. The summed E-state index contributed by atoms with van der Waals surface area (Å²) >= 11 is 0. The van der Waals surface area contributed by atoms with Gasteiger partial charge in [-0.05, 0) is 32.3 Å². The van der Waals surface area contributed by atoms with Gasteiger partial charge in [0.2, 0.25) is 0 Å². The second-order valence-corrected chi connectivity index (χ2v) is 8.47. The molecule has 148 valence electrons. The van der Waals surface area contributed by atoms with Gasteiger partial charge < -0.3 is 25.0 Å². The van der Waals surface area contributed by atoms with Crippen LogP contribution in [0.25, 0.3) is 0 Å². The van der Waals surface area contributed by atoms with Crippen LogP contribution >= 0.6 is 0 Å². The Balaban J connectivity index is 1.43. The Morgan fingerprint density at radius 1 is 1.26 bits per heavy atom. The molecule has 0 bridgehead atoms. The van der Waals surface area contributed by atoms with E-state index >= 15 is 0 Å². The van der Waals surface area contributed by atoms with Gasteiger partial charge in [0.05, 0.1) is 0 Å². The van der Waals surface area contributed by atoms with Crippen molar-refractivity contribution in [1.82, 2.24) is 15.5 Å². The highest BCUT2D eigenvalue weighted by atomic mass is 16.6. The molecule has 2 N–H and O–H groups in total. The molecule has 7 nitrogen and oxygen atoms in total. The molecule has 1 atom stereocenters. The number of hydrogen-bond acceptors (Lipinski definition) is 5. The van der Waals surface area contributed by atoms with Crippen molar-refractivity contribution in [1.29, 1.82) is 0 Å². The molecule has 2 saturated heterocycles. The molecule has 0 radical (unpaired) electrons. The second kappa shape index (κ2) is 7.76. The fraction of sp³-hybridized carbons (Fsp3) is 0.600. The average Bonchev–Trinajstić information content (AvgIpc) is 3.00. The van der Waals surface area contributed by atoms with E-state index in [1.54, 1.807) is 4.90 Å². The van der Waals surface area contributed by atoms with Crippen molar-refractivity contribution in [3.8, 4) is 0 Å². The number of carbonyl (C=O) groups excluding carboxylic acids is 2. The lowest BCUT2D eigenvalue weighted by Gasteiger charge is -2.50. The summed E-state index contributed by atoms with van der Waals surface area (Å²) in [5.41, 5.74) is 0.472. The Kier molecular flexibility index (Phi) is 5.60. The molecule has 1 aromatic rings. The van der Waals surface area contributed by atoms with Gasteiger partial charge in [0.1, 0.15) is 12.2 Å². The predicted octanol–water partition coefficient (Wildman–Crippen LogP) is 2.37. The van der Waals surface area contributed by atoms with Gasteiger partial charge in [-0.3, -0.25) is 0 Å². The minimum Gasteiger partial charge on any atom is -0.445 e. The number of rotatable bonds is 4. The number of amides is 2. The summed E-state index contributed by atoms with van der Waals surface area (Å²) in [4.78, 5) is 25.9. The van der Waals surface area contributed by atoms with E-state index in [9.17, 15) is 9.59 Å². The molecule has 2 aliphatic heterocycles. The lowest BCUT2D eigenvalue weighted by atomic mass is 9.71. The maximum absolute atomic E-state index is 12.2. The molecular formula is C20H29N3O4. The predicted molar refractivity (Wildman–Crippen MR) is 101 cm³/mol. The largest absolute Gasteiger partial charge is 0.445 e. The van der Waals surface area contributed by atoms with Crippen molar-refractivity contribution in [3.63, 3.8) is 0 Å². The third-order valence-corrected chi connectivity index (χ3v) is 5.10. The Hall–Kier alpha value is -2.28. The summed E-state index contributed by atoms with van der Waals surface area (Å²) in [5, 5.41) is 6.25. The average molecular weight is 375 g/mol. The minimum atomic E-state index is -0.489. The normalized spacial score (nSPS) is 20.9. The standard InChI is InChI=1S/C20H29N3O4/c1-19(2,3)27-18(25)23-13-20(14-23)12-21-9-16(20)10-22-17(24)26-11-15-7-5-4-6-8-15/h4-8,16,21H,9-14H2,1-3H3,(H,22,24). The van der Waals surface area contributed by atoms with Crippen LogP contribution in [0.4, 0.5) is 9.59 Å². The number of nitrogens with one attached hydrogen (secondary N) is 2. The number of carbonyl (C=O) groups is 2. The number of hydrogen-bond donors (Lipinski definition) is 2. The van der Waals surface area contributed by atoms with Gasteiger partial charge in [-0.15, -0.1) is 0 Å². The number of likely N-dealkylation sites (tertiary alicyclic amines) is 1. The van der Waals surface area contributed by atoms with E-state index < -0.39 is 11.7 Å². The van der Waals surface area contributed by atoms with Crippen LogP contribution < -0.4 is 10.6 Å². The quantitative estimate of drug-likeness (QED) is 0.845. The zero-order chi connectivity index (χ0) is 19.5. The van der Waals surface area contributed by atoms with Crippen molar-refractivity contribution in [3.05, 3.63) is 35.9 Å². The molecule has 0 aliphatic carbocycles. The van der Waals surface area contributed by atoms with Gasteiger partial charge >= 0.3 is 12.2 Å². The van der Waals surface area contributed by atoms with E-state index in [-0.39, 0.29) is 24.0 Å². The molecule has 2 heterocycles. The first-order chi connectivity index (χ1) is 12.8. The van der Waals surface area contributed by atoms with E-state index in [0.29, 0.717) is 19.6 Å². The molecule has 2 amide bonds. The topological polar surface area (TPSA) is 79.9 Å². The Morgan fingerprint density at radius 2 is 1.96 bits per heavy atom. The monoisotopic (exact) mass is 375 g/mol. The molecule has 2 aliphatic rings. The van der Waals surface area contributed by atoms with Crippen LogP contribution in [0.5, 0.6) is 0 Å². The Labute approximate surface area is 160 Å². The van der Waals surface area contributed by atoms with Gasteiger partial charge in [-0.25, -0.2) is 9.59 Å². The summed E-state index contributed by atoms with van der Waals surface area (Å²) in [6.07, 6.45) is -0.682. The van der Waals surface area contributed by atoms with Gasteiger partial charge in [0, 0.05) is 38.1 Å². The molecule has 3 rings (SSSR count). The maximum atomic E-state index is 12.2. The van der Waals surface area contributed by atoms with Crippen LogP contribution in [0.3, 0.4) is 0 Å². The van der Waals surface area contributed by atoms with Crippen LogP contribution in [0.1, 0.15) is 26.3 Å². The molecule has 1 spiro atoms. The second-order valence-electron chi connectivity index (χ2n) is 8.47. The molecule has 7 heteroatoms. The van der Waals surface area contributed by atoms with Crippen molar-refractivity contribution in [2.24, 2.45) is 11.3 Å². The SMILES string of the molecule is CC(C)(C)OC(=O)N1CC2(CNCC2CNC(=O)OCc2ccccc2)C1. The summed E-state index contributed by atoms with van der Waals surface area (Å²) < 4.78 is 10.7. The third-order valence-electron chi connectivity index (χ3n) is 5.10. The summed E-state index contributed by atoms with van der Waals surface area (Å²) in [7, 11) is 0. The van der Waals surface area contributed by atoms with Crippen LogP contribution in [-0.4, -0.2) is 55.4 Å². The van der Waals surface area contributed by atoms with E-state index in [1.165, 1.54) is 0 Å². The molecule has 0 saturated carbocycles. The molecule has 2 fully saturated rings. The third kappa shape index (κ3) is 4.91. The molecule has 0 aromatic heterocycles. The van der Waals surface area contributed by atoms with E-state index in [1.807, 2.05) is 51.1 Å². The molecule has 1 unspecified atom stereocenters. The zero-order valence-corrected chi connectivity index (χ0v) is 16.3. The summed E-state index contributed by atoms with van der Waals surface area (Å²) in [6, 6.07) is 9.59. The Morgan fingerprint density at radius 3 is 2.63 bits per heavy atom. The van der Waals surface area contributed by atoms with Crippen LogP contribution in [0.15, 0.2) is 30.3 Å². The summed E-state index contributed by atoms with van der Waals surface area (Å²) in [5.74, 6) is 0.264. The van der Waals surface area contributed by atoms with E-state index in [0.717, 1.165) is 18.7 Å². The van der Waals surface area contributed by atoms with Crippen LogP contribution in [0, 0.1) is 11.3 Å². The highest BCUT2D eigenvalue weighted by molar-refractivity contribution is 5.69. The smallest absolute Gasteiger partial charge is 0.410 e. The van der Waals surface area contributed by atoms with Gasteiger partial charge in [0.25, 0.3) is 0 Å². The fourth-order valence-corrected chi connectivity index (χ4v) is 3.67. The fourth-order valence-electron chi connectivity index (χ4n) is 3.67. The molecule has 27 heavy (non-hydrogen) atoms. The highest BCUT2D eigenvalue weighted by Crippen LogP contribution is 2.40. The van der Waals surface area contributed by atoms with Gasteiger partial charge in [0.15, 0.2) is 0 Å². The highest BCUT2D eigenvalue weighted by Gasteiger charge is 2.53. The first kappa shape index (κ1) is 19.5. The lowest BCUT2D eigenvalue weighted by Crippen LogP contribution is -2.63. The van der Waals surface area contributed by atoms with E-state index in [4.69, 9.17) is 9.47 Å². The summed E-state index contributed by atoms with van der Waals surface area (Å²) in [6.45, 7) is 9.36. The van der Waals surface area contributed by atoms with Crippen molar-refractivity contribution < 1.29 is 19.1 Å². The van der Waals surface area contributed by atoms with Crippen molar-refractivity contribution in [2.75, 3.05) is 32.7 Å². The first-order valence-corrected chi connectivity index (χ1v) is 9.41. The maximum Gasteiger partial charge on any atom is 0.410 e. The first-order valence-electron chi connectivity index (χ1n) is 9.41. The van der Waals surface area contributed by atoms with Crippen molar-refractivity contribution >= 4 is 12.2 Å². The number of benzene rings is 1. The van der Waals surface area contributed by atoms with Gasteiger partial charge in [-0.1, -0.05) is 30.3 Å². The van der Waals surface area contributed by atoms with Gasteiger partial charge in [-0.2, -0.15) is 0 Å².